The van der Waals surface area contributed by atoms with Crippen LogP contribution in [0.2, 0.25) is 0 Å². The van der Waals surface area contributed by atoms with Crippen LogP contribution in [0.15, 0.2) is 48.5 Å². The van der Waals surface area contributed by atoms with Crippen LogP contribution in [0.25, 0.3) is 0 Å². The Hall–Kier alpha value is -3.46. The van der Waals surface area contributed by atoms with Crippen LogP contribution in [-0.2, 0) is 4.79 Å². The summed E-state index contributed by atoms with van der Waals surface area (Å²) in [4.78, 5) is 36.5. The Morgan fingerprint density at radius 2 is 1.83 bits per heavy atom. The molecule has 0 unspecified atom stereocenters. The first-order chi connectivity index (χ1) is 13.9. The highest BCUT2D eigenvalue weighted by atomic mass is 16.6. The van der Waals surface area contributed by atoms with Crippen molar-refractivity contribution in [2.45, 2.75) is 18.9 Å². The van der Waals surface area contributed by atoms with Crippen LogP contribution < -0.4 is 16.4 Å². The number of hydrogen-bond acceptors (Lipinski definition) is 6. The van der Waals surface area contributed by atoms with Gasteiger partial charge in [-0.15, -0.1) is 0 Å². The van der Waals surface area contributed by atoms with Crippen molar-refractivity contribution in [3.05, 3.63) is 64.2 Å². The number of benzene rings is 2. The van der Waals surface area contributed by atoms with Crippen molar-refractivity contribution >= 4 is 28.9 Å². The van der Waals surface area contributed by atoms with E-state index in [1.165, 1.54) is 12.1 Å². The first kappa shape index (κ1) is 20.3. The molecular formula is C20H23N5O4. The van der Waals surface area contributed by atoms with E-state index in [9.17, 15) is 19.7 Å². The molecule has 2 aromatic carbocycles. The minimum absolute atomic E-state index is 0.0483. The third-order valence-corrected chi connectivity index (χ3v) is 4.81. The topological polar surface area (TPSA) is 131 Å². The molecule has 1 heterocycles. The van der Waals surface area contributed by atoms with Crippen LogP contribution in [0.3, 0.4) is 0 Å². The summed E-state index contributed by atoms with van der Waals surface area (Å²) in [6.07, 6.45) is 1.38. The number of primary amides is 1. The Balaban J connectivity index is 1.66. The standard InChI is InChI=1S/C20H23N5O4/c21-19(26)13-24-10-8-16(9-11-24)23-20(27)14-6-7-17(18(12-14)25(28)29)22-15-4-2-1-3-5-15/h1-7,12,16,22H,8-11,13H2,(H2,21,26)(H,23,27). The summed E-state index contributed by atoms with van der Waals surface area (Å²) in [6.45, 7) is 1.53. The largest absolute Gasteiger partial charge is 0.369 e. The summed E-state index contributed by atoms with van der Waals surface area (Å²) >= 11 is 0. The molecule has 0 aromatic heterocycles. The number of carbonyl (C=O) groups excluding carboxylic acids is 2. The van der Waals surface area contributed by atoms with Gasteiger partial charge in [0.15, 0.2) is 0 Å². The number of likely N-dealkylation sites (tertiary alicyclic amines) is 1. The first-order valence-corrected chi connectivity index (χ1v) is 9.34. The molecule has 3 rings (SSSR count). The molecule has 1 aliphatic heterocycles. The molecule has 9 heteroatoms. The smallest absolute Gasteiger partial charge is 0.293 e. The second-order valence-electron chi connectivity index (χ2n) is 6.97. The van der Waals surface area contributed by atoms with E-state index in [0.29, 0.717) is 31.6 Å². The van der Waals surface area contributed by atoms with E-state index in [-0.39, 0.29) is 35.7 Å². The number of piperidine rings is 1. The average molecular weight is 397 g/mol. The summed E-state index contributed by atoms with van der Waals surface area (Å²) in [5.41, 5.74) is 6.30. The van der Waals surface area contributed by atoms with Crippen LogP contribution in [0.5, 0.6) is 0 Å². The summed E-state index contributed by atoms with van der Waals surface area (Å²) in [5.74, 6) is -0.725. The van der Waals surface area contributed by atoms with E-state index in [2.05, 4.69) is 10.6 Å². The Labute approximate surface area is 168 Å². The number of carbonyl (C=O) groups is 2. The molecule has 1 fully saturated rings. The number of rotatable bonds is 7. The number of anilines is 2. The van der Waals surface area contributed by atoms with Crippen LogP contribution >= 0.6 is 0 Å². The molecule has 2 aromatic rings. The van der Waals surface area contributed by atoms with E-state index >= 15 is 0 Å². The molecule has 0 bridgehead atoms. The zero-order valence-electron chi connectivity index (χ0n) is 15.8. The third kappa shape index (κ3) is 5.52. The van der Waals surface area contributed by atoms with E-state index in [1.54, 1.807) is 18.2 Å². The van der Waals surface area contributed by atoms with Crippen molar-refractivity contribution in [2.24, 2.45) is 5.73 Å². The molecule has 29 heavy (non-hydrogen) atoms. The lowest BCUT2D eigenvalue weighted by Gasteiger charge is -2.31. The molecule has 0 saturated carbocycles. The van der Waals surface area contributed by atoms with Gasteiger partial charge in [0.1, 0.15) is 5.69 Å². The number of nitrogens with two attached hydrogens (primary N) is 1. The van der Waals surface area contributed by atoms with Crippen molar-refractivity contribution in [1.29, 1.82) is 0 Å². The van der Waals surface area contributed by atoms with E-state index in [4.69, 9.17) is 5.73 Å². The average Bonchev–Trinajstić information content (AvgIpc) is 2.70. The second-order valence-corrected chi connectivity index (χ2v) is 6.97. The number of amides is 2. The van der Waals surface area contributed by atoms with E-state index < -0.39 is 4.92 Å². The molecule has 2 amide bonds. The van der Waals surface area contributed by atoms with Crippen molar-refractivity contribution in [3.63, 3.8) is 0 Å². The summed E-state index contributed by atoms with van der Waals surface area (Å²) in [6, 6.07) is 13.4. The molecule has 0 atom stereocenters. The van der Waals surface area contributed by atoms with Gasteiger partial charge in [0.25, 0.3) is 11.6 Å². The highest BCUT2D eigenvalue weighted by Crippen LogP contribution is 2.28. The molecule has 1 aliphatic rings. The van der Waals surface area contributed by atoms with Gasteiger partial charge in [-0.3, -0.25) is 24.6 Å². The summed E-state index contributed by atoms with van der Waals surface area (Å²) in [7, 11) is 0. The van der Waals surface area contributed by atoms with Gasteiger partial charge in [0.2, 0.25) is 5.91 Å². The molecule has 152 valence electrons. The zero-order valence-corrected chi connectivity index (χ0v) is 15.8. The van der Waals surface area contributed by atoms with Crippen molar-refractivity contribution in [1.82, 2.24) is 10.2 Å². The maximum absolute atomic E-state index is 12.6. The Kier molecular flexibility index (Phi) is 6.40. The van der Waals surface area contributed by atoms with Gasteiger partial charge < -0.3 is 16.4 Å². The fourth-order valence-corrected chi connectivity index (χ4v) is 3.33. The lowest BCUT2D eigenvalue weighted by molar-refractivity contribution is -0.383. The zero-order chi connectivity index (χ0) is 20.8. The third-order valence-electron chi connectivity index (χ3n) is 4.81. The van der Waals surface area contributed by atoms with E-state index in [0.717, 1.165) is 5.69 Å². The molecular weight excluding hydrogens is 374 g/mol. The van der Waals surface area contributed by atoms with Crippen LogP contribution in [0, 0.1) is 10.1 Å². The predicted molar refractivity (Wildman–Crippen MR) is 109 cm³/mol. The Bertz CT molecular complexity index is 895. The van der Waals surface area contributed by atoms with Crippen molar-refractivity contribution in [3.8, 4) is 0 Å². The number of nitrogens with zero attached hydrogens (tertiary/aromatic N) is 2. The molecule has 0 radical (unpaired) electrons. The lowest BCUT2D eigenvalue weighted by atomic mass is 10.0. The fraction of sp³-hybridized carbons (Fsp3) is 0.300. The van der Waals surface area contributed by atoms with Gasteiger partial charge in [-0.1, -0.05) is 18.2 Å². The second kappa shape index (κ2) is 9.16. The Morgan fingerprint density at radius 3 is 2.45 bits per heavy atom. The van der Waals surface area contributed by atoms with Crippen molar-refractivity contribution < 1.29 is 14.5 Å². The number of para-hydroxylation sites is 1. The van der Waals surface area contributed by atoms with Gasteiger partial charge in [0, 0.05) is 36.4 Å². The minimum Gasteiger partial charge on any atom is -0.369 e. The maximum Gasteiger partial charge on any atom is 0.293 e. The van der Waals surface area contributed by atoms with Crippen LogP contribution in [0.1, 0.15) is 23.2 Å². The van der Waals surface area contributed by atoms with Crippen LogP contribution in [0.4, 0.5) is 17.1 Å². The molecule has 4 N–H and O–H groups in total. The van der Waals surface area contributed by atoms with E-state index in [1.807, 2.05) is 23.1 Å². The molecule has 0 spiro atoms. The Morgan fingerprint density at radius 1 is 1.14 bits per heavy atom. The highest BCUT2D eigenvalue weighted by Gasteiger charge is 2.23. The molecule has 0 aliphatic carbocycles. The first-order valence-electron chi connectivity index (χ1n) is 9.34. The molecule has 1 saturated heterocycles. The van der Waals surface area contributed by atoms with Crippen LogP contribution in [-0.4, -0.2) is 47.3 Å². The van der Waals surface area contributed by atoms with Gasteiger partial charge in [-0.2, -0.15) is 0 Å². The number of nitro benzene ring substituents is 1. The summed E-state index contributed by atoms with van der Waals surface area (Å²) < 4.78 is 0. The SMILES string of the molecule is NC(=O)CN1CCC(NC(=O)c2ccc(Nc3ccccc3)c([N+](=O)[O-])c2)CC1. The summed E-state index contributed by atoms with van der Waals surface area (Å²) in [5, 5.41) is 17.4. The van der Waals surface area contributed by atoms with Gasteiger partial charge in [0.05, 0.1) is 11.5 Å². The van der Waals surface area contributed by atoms with Crippen molar-refractivity contribution in [2.75, 3.05) is 25.0 Å². The van der Waals surface area contributed by atoms with Gasteiger partial charge in [-0.05, 0) is 37.1 Å². The number of nitrogens with one attached hydrogen (secondary N) is 2. The quantitative estimate of drug-likeness (QED) is 0.484. The maximum atomic E-state index is 12.6. The number of hydrogen-bond donors (Lipinski definition) is 3. The molecule has 9 nitrogen and oxygen atoms in total. The fourth-order valence-electron chi connectivity index (χ4n) is 3.33. The van der Waals surface area contributed by atoms with Gasteiger partial charge >= 0.3 is 0 Å². The minimum atomic E-state index is -0.510. The normalized spacial score (nSPS) is 14.9. The lowest BCUT2D eigenvalue weighted by Crippen LogP contribution is -2.46. The van der Waals surface area contributed by atoms with Gasteiger partial charge in [-0.25, -0.2) is 0 Å². The predicted octanol–water partition coefficient (Wildman–Crippen LogP) is 2.02. The monoisotopic (exact) mass is 397 g/mol. The highest BCUT2D eigenvalue weighted by molar-refractivity contribution is 5.96. The number of nitro groups is 1.